The summed E-state index contributed by atoms with van der Waals surface area (Å²) in [7, 11) is 1.01. The number of nitrogen functional groups attached to an aromatic ring is 1. The highest BCUT2D eigenvalue weighted by Gasteiger charge is 2.45. The summed E-state index contributed by atoms with van der Waals surface area (Å²) >= 11 is 7.86. The van der Waals surface area contributed by atoms with E-state index in [4.69, 9.17) is 26.4 Å². The van der Waals surface area contributed by atoms with Gasteiger partial charge in [0.1, 0.15) is 34.7 Å². The summed E-state index contributed by atoms with van der Waals surface area (Å²) in [6.07, 6.45) is 3.36. The molecule has 4 fully saturated rings. The van der Waals surface area contributed by atoms with E-state index in [-0.39, 0.29) is 78.8 Å². The average Bonchev–Trinajstić information content (AvgIpc) is 3.66. The van der Waals surface area contributed by atoms with E-state index in [9.17, 15) is 19.7 Å². The maximum Gasteiger partial charge on any atom is 0.323 e. The molecule has 2 N–H and O–H groups in total. The van der Waals surface area contributed by atoms with Crippen molar-refractivity contribution in [3.63, 3.8) is 0 Å². The first kappa shape index (κ1) is 34.2. The molecule has 11 nitrogen and oxygen atoms in total. The number of amidine groups is 1. The number of urea groups is 1. The number of aliphatic imine (C=N–C) groups is 1. The van der Waals surface area contributed by atoms with E-state index in [1.807, 2.05) is 24.9 Å². The molecule has 51 heavy (non-hydrogen) atoms. The molecule has 6 atom stereocenters. The van der Waals surface area contributed by atoms with Crippen molar-refractivity contribution in [3.8, 4) is 23.3 Å². The number of nitrogens with zero attached hydrogens (tertiary/aromatic N) is 8. The first-order valence-corrected chi connectivity index (χ1v) is 19.6. The number of nitriles is 2. The number of hydrogen-bond acceptors (Lipinski definition) is 10. The van der Waals surface area contributed by atoms with E-state index in [1.165, 1.54) is 12.1 Å². The van der Waals surface area contributed by atoms with Crippen molar-refractivity contribution in [3.05, 3.63) is 40.4 Å². The second kappa shape index (κ2) is 13.3. The number of likely N-dealkylation sites (N-methyl/N-ethyl adjacent to an activating group) is 1. The predicted molar refractivity (Wildman–Crippen MR) is 194 cm³/mol. The molecule has 0 saturated carbocycles. The summed E-state index contributed by atoms with van der Waals surface area (Å²) in [5.74, 6) is -0.936. The normalized spacial score (nSPS) is 26.6. The lowest BCUT2D eigenvalue weighted by Crippen LogP contribution is -2.69. The Bertz CT molecular complexity index is 2110. The van der Waals surface area contributed by atoms with E-state index in [0.717, 1.165) is 43.7 Å². The fourth-order valence-corrected chi connectivity index (χ4v) is 11.2. The molecule has 1 aromatic heterocycles. The average molecular weight is 752 g/mol. The summed E-state index contributed by atoms with van der Waals surface area (Å²) in [5, 5.41) is 19.9. The quantitative estimate of drug-likeness (QED) is 0.333. The molecule has 3 aromatic rings. The molecule has 5 aliphatic rings. The number of fused-ring (bicyclic) bond motifs is 3. The van der Waals surface area contributed by atoms with Gasteiger partial charge in [-0.05, 0) is 63.9 Å². The molecule has 266 valence electrons. The van der Waals surface area contributed by atoms with Gasteiger partial charge in [-0.2, -0.15) is 19.9 Å². The Balaban J connectivity index is 1.22. The molecule has 8 rings (SSSR count). The van der Waals surface area contributed by atoms with Gasteiger partial charge in [-0.25, -0.2) is 13.6 Å². The minimum absolute atomic E-state index is 0.0108. The fraction of sp³-hybridized carbons (Fsp3) is 0.486. The van der Waals surface area contributed by atoms with E-state index in [1.54, 1.807) is 11.0 Å². The van der Waals surface area contributed by atoms with Crippen LogP contribution in [0.3, 0.4) is 0 Å². The Hall–Kier alpha value is -3.86. The van der Waals surface area contributed by atoms with Gasteiger partial charge in [0.15, 0.2) is 5.82 Å². The van der Waals surface area contributed by atoms with Crippen molar-refractivity contribution in [1.29, 1.82) is 10.5 Å². The van der Waals surface area contributed by atoms with Crippen LogP contribution >= 0.6 is 22.9 Å². The van der Waals surface area contributed by atoms with E-state index < -0.39 is 28.4 Å². The van der Waals surface area contributed by atoms with E-state index in [0.29, 0.717) is 36.7 Å². The molecule has 2 aromatic carbocycles. The van der Waals surface area contributed by atoms with Crippen molar-refractivity contribution in [2.75, 3.05) is 51.3 Å². The molecule has 0 aliphatic carbocycles. The van der Waals surface area contributed by atoms with Gasteiger partial charge >= 0.3 is 12.1 Å². The molecule has 5 aliphatic heterocycles. The van der Waals surface area contributed by atoms with Crippen LogP contribution in [0, 0.1) is 34.3 Å². The summed E-state index contributed by atoms with van der Waals surface area (Å²) in [6, 6.07) is 8.15. The molecule has 2 amide bonds. The Morgan fingerprint density at radius 1 is 1.20 bits per heavy atom. The van der Waals surface area contributed by atoms with Gasteiger partial charge < -0.3 is 20.3 Å². The molecular formula is C35H36ClF2N9O2S2. The number of ether oxygens (including phenoxy) is 1. The lowest BCUT2D eigenvalue weighted by Gasteiger charge is -2.54. The summed E-state index contributed by atoms with van der Waals surface area (Å²) in [6.45, 7) is 5.56. The zero-order valence-electron chi connectivity index (χ0n) is 28.1. The number of piperazine rings is 1. The SMILES string of the molecule is C[C@H](OC1=Nc2c(cc(Cl)c(-c3ccc(F)c4sc(N)c(C#N)c34)c2F)S(C[C@@H]2CN3CCC3CN2C(=O)N2CC[C@H]2C#N)=N1)[C@@H]1CCCN1C. The van der Waals surface area contributed by atoms with Gasteiger partial charge in [0, 0.05) is 59.9 Å². The number of rotatable bonds is 5. The van der Waals surface area contributed by atoms with E-state index >= 15 is 4.39 Å². The van der Waals surface area contributed by atoms with Gasteiger partial charge in [-0.3, -0.25) is 9.80 Å². The van der Waals surface area contributed by atoms with Gasteiger partial charge in [-0.15, -0.1) is 11.3 Å². The van der Waals surface area contributed by atoms with Crippen molar-refractivity contribution >= 4 is 66.5 Å². The monoisotopic (exact) mass is 751 g/mol. The highest BCUT2D eigenvalue weighted by molar-refractivity contribution is 7.88. The van der Waals surface area contributed by atoms with Crippen LogP contribution in [0.25, 0.3) is 21.2 Å². The molecule has 0 radical (unpaired) electrons. The molecule has 0 bridgehead atoms. The van der Waals surface area contributed by atoms with Crippen LogP contribution in [-0.4, -0.2) is 107 Å². The maximum absolute atomic E-state index is 17.2. The second-order valence-corrected chi connectivity index (χ2v) is 17.0. The highest BCUT2D eigenvalue weighted by Crippen LogP contribution is 2.47. The fourth-order valence-electron chi connectivity index (χ4n) is 8.00. The number of hydrogen-bond donors (Lipinski definition) is 1. The van der Waals surface area contributed by atoms with Crippen molar-refractivity contribution in [2.24, 2.45) is 9.36 Å². The Morgan fingerprint density at radius 3 is 2.69 bits per heavy atom. The second-order valence-electron chi connectivity index (χ2n) is 13.8. The number of thiophene rings is 1. The van der Waals surface area contributed by atoms with Crippen LogP contribution in [0.2, 0.25) is 5.02 Å². The van der Waals surface area contributed by atoms with Crippen LogP contribution in [0.15, 0.2) is 32.4 Å². The van der Waals surface area contributed by atoms with Crippen molar-refractivity contribution < 1.29 is 18.3 Å². The van der Waals surface area contributed by atoms with Gasteiger partial charge in [-0.1, -0.05) is 28.4 Å². The number of halogens is 3. The standard InChI is InChI=1S/C35H36ClF2N9O2S2/c1-18(26-4-3-9-44(26)2)49-34-42-31-27(12-24(36)29(30(31)38)22-5-6-25(37)32-28(22)23(14-40)33(41)50-32)51(43-34)17-21-15-45-10-7-20(45)16-47(21)35(48)46-11-8-19(46)13-39/h5-6,12,18-21,26H,3-4,7-11,15-17,41H2,1-2H3/t18-,19-,20?,21-,26-,51?/m0/s1. The van der Waals surface area contributed by atoms with Crippen LogP contribution in [-0.2, 0) is 15.4 Å². The minimum atomic E-state index is -1.04. The van der Waals surface area contributed by atoms with Crippen molar-refractivity contribution in [1.82, 2.24) is 19.6 Å². The third-order valence-electron chi connectivity index (χ3n) is 11.0. The first-order valence-electron chi connectivity index (χ1n) is 17.1. The lowest BCUT2D eigenvalue weighted by molar-refractivity contribution is -0.0163. The number of benzene rings is 2. The largest absolute Gasteiger partial charge is 0.458 e. The Morgan fingerprint density at radius 2 is 2.02 bits per heavy atom. The molecule has 2 unspecified atom stereocenters. The summed E-state index contributed by atoms with van der Waals surface area (Å²) < 4.78 is 43.6. The molecule has 16 heteroatoms. The smallest absolute Gasteiger partial charge is 0.323 e. The van der Waals surface area contributed by atoms with E-state index in [2.05, 4.69) is 20.9 Å². The molecular weight excluding hydrogens is 716 g/mol. The topological polar surface area (TPSA) is 138 Å². The molecule has 4 saturated heterocycles. The number of carbonyl (C=O) groups is 1. The molecule has 6 heterocycles. The van der Waals surface area contributed by atoms with Crippen LogP contribution in [0.5, 0.6) is 0 Å². The number of anilines is 1. The van der Waals surface area contributed by atoms with Crippen molar-refractivity contribution in [2.45, 2.75) is 67.8 Å². The summed E-state index contributed by atoms with van der Waals surface area (Å²) in [4.78, 5) is 27.1. The first-order chi connectivity index (χ1) is 24.6. The van der Waals surface area contributed by atoms with Gasteiger partial charge in [0.05, 0.1) is 27.4 Å². The lowest BCUT2D eigenvalue weighted by atomic mass is 9.96. The predicted octanol–water partition coefficient (Wildman–Crippen LogP) is 6.09. The van der Waals surface area contributed by atoms with Crippen LogP contribution in [0.4, 0.5) is 24.3 Å². The third kappa shape index (κ3) is 5.74. The Labute approximate surface area is 305 Å². The zero-order chi connectivity index (χ0) is 35.7. The zero-order valence-corrected chi connectivity index (χ0v) is 30.5. The highest BCUT2D eigenvalue weighted by atomic mass is 35.5. The van der Waals surface area contributed by atoms with Crippen LogP contribution in [0.1, 0.15) is 38.2 Å². The molecule has 0 spiro atoms. The minimum Gasteiger partial charge on any atom is -0.458 e. The van der Waals surface area contributed by atoms with Gasteiger partial charge in [0.25, 0.3) is 0 Å². The number of carbonyl (C=O) groups excluding carboxylic acids is 1. The number of likely N-dealkylation sites (tertiary alicyclic amines) is 2. The van der Waals surface area contributed by atoms with Crippen LogP contribution < -0.4 is 5.73 Å². The maximum atomic E-state index is 17.2. The van der Waals surface area contributed by atoms with Gasteiger partial charge in [0.2, 0.25) is 0 Å². The Kier molecular flexibility index (Phi) is 8.92. The number of amides is 2. The third-order valence-corrected chi connectivity index (χ3v) is 14.2. The summed E-state index contributed by atoms with van der Waals surface area (Å²) in [5.41, 5.74) is 6.38. The number of nitrogens with two attached hydrogens (primary N) is 1.